The van der Waals surface area contributed by atoms with Crippen LogP contribution in [0.5, 0.6) is 0 Å². The van der Waals surface area contributed by atoms with Crippen molar-refractivity contribution in [3.63, 3.8) is 0 Å². The van der Waals surface area contributed by atoms with Crippen LogP contribution in [0.15, 0.2) is 94.2 Å². The van der Waals surface area contributed by atoms with Gasteiger partial charge in [-0.05, 0) is 220 Å². The molecule has 0 spiro atoms. The molecule has 0 aliphatic heterocycles. The third kappa shape index (κ3) is 19.2. The number of hydrogen-bond donors (Lipinski definition) is 1. The lowest BCUT2D eigenvalue weighted by atomic mass is 9.63. The van der Waals surface area contributed by atoms with Crippen molar-refractivity contribution in [2.45, 2.75) is 336 Å². The summed E-state index contributed by atoms with van der Waals surface area (Å²) in [6.07, 6.45) is 29.1. The first-order chi connectivity index (χ1) is 41.1. The maximum atomic E-state index is 12.6. The molecule has 0 saturated heterocycles. The van der Waals surface area contributed by atoms with Crippen molar-refractivity contribution < 1.29 is 46.6 Å². The molecule has 6 aliphatic rings. The number of carboxylic acid groups (broad SMARTS) is 1. The summed E-state index contributed by atoms with van der Waals surface area (Å²) in [6, 6.07) is 0. The minimum absolute atomic E-state index is 0.00599. The first-order valence-corrected chi connectivity index (χ1v) is 46.7. The molecule has 0 aromatic rings. The van der Waals surface area contributed by atoms with Gasteiger partial charge in [0.2, 0.25) is 0 Å². The molecule has 10 nitrogen and oxygen atoms in total. The molecule has 0 aromatic heterocycles. The molecule has 2 unspecified atom stereocenters. The van der Waals surface area contributed by atoms with Gasteiger partial charge in [0.25, 0.3) is 0 Å². The van der Waals surface area contributed by atoms with Gasteiger partial charge in [-0.2, -0.15) is 0 Å². The van der Waals surface area contributed by atoms with Crippen LogP contribution in [0.1, 0.15) is 221 Å². The standard InChI is InChI=1S/C41H72O5Si2.C35H60O5Si2/c1-16-19-33(17-2)44-38(42)28-43-30(4)35-23-24-36-31(20-18-25-41(35,36)11)21-22-32-26-34(45-47(12,13)39(5,6)7)27-37(29(32)3)46-48(14,15)40(8,9)10;1-24-27(17-16-26-15-14-20-35(9)29(18-19-30(26)35)25(2)38-23-32(36)37)21-28(39-41(10,11)33(3,4)5)22-31(24)40-42(12,13)34(6,7)8/h21-23,30,33-34,36-37H,3,16-20,24-28H2,1-2,4-15H3;16-18,25,28,30-31H,1,14-15,19-23H2,2-13H3,(H,36,37)/t30-,33?,34+,36-,37-,41+;25-,28+,30?,31-,35+/m00/s1. The Hall–Kier alpha value is -2.51. The van der Waals surface area contributed by atoms with Gasteiger partial charge in [-0.1, -0.05) is 178 Å². The number of fused-ring (bicyclic) bond motifs is 2. The van der Waals surface area contributed by atoms with Crippen molar-refractivity contribution in [1.82, 2.24) is 0 Å². The summed E-state index contributed by atoms with van der Waals surface area (Å²) >= 11 is 0. The third-order valence-corrected chi connectivity index (χ3v) is 41.9. The van der Waals surface area contributed by atoms with E-state index in [9.17, 15) is 9.59 Å². The summed E-state index contributed by atoms with van der Waals surface area (Å²) in [5, 5.41) is 9.66. The third-order valence-electron chi connectivity index (χ3n) is 23.8. The Balaban J connectivity index is 0.000000330. The van der Waals surface area contributed by atoms with E-state index in [4.69, 9.17) is 37.0 Å². The molecule has 1 N–H and O–H groups in total. The number of carbonyl (C=O) groups is 2. The van der Waals surface area contributed by atoms with Crippen molar-refractivity contribution in [2.24, 2.45) is 22.7 Å². The predicted octanol–water partition coefficient (Wildman–Crippen LogP) is 21.2. The molecule has 0 radical (unpaired) electrons. The maximum Gasteiger partial charge on any atom is 0.332 e. The molecule has 6 rings (SSSR count). The van der Waals surface area contributed by atoms with E-state index < -0.39 is 39.2 Å². The molecule has 11 atom stereocenters. The minimum Gasteiger partial charge on any atom is -0.480 e. The lowest BCUT2D eigenvalue weighted by Crippen LogP contribution is -2.49. The molecule has 0 heterocycles. The van der Waals surface area contributed by atoms with E-state index in [1.54, 1.807) is 0 Å². The maximum absolute atomic E-state index is 12.6. The first-order valence-electron chi connectivity index (χ1n) is 35.1. The summed E-state index contributed by atoms with van der Waals surface area (Å²) in [5.41, 5.74) is 10.4. The molecule has 6 aliphatic carbocycles. The predicted molar refractivity (Wildman–Crippen MR) is 387 cm³/mol. The molecular weight excluding hydrogens is 1190 g/mol. The highest BCUT2D eigenvalue weighted by Crippen LogP contribution is 2.58. The number of carbonyl (C=O) groups excluding carboxylic acids is 1. The molecule has 0 bridgehead atoms. The van der Waals surface area contributed by atoms with Crippen LogP contribution in [-0.4, -0.2) is 106 Å². The average Bonchev–Trinajstić information content (AvgIpc) is 1.59. The number of carboxylic acids is 1. The van der Waals surface area contributed by atoms with Gasteiger partial charge in [0.1, 0.15) is 19.3 Å². The summed E-state index contributed by atoms with van der Waals surface area (Å²) in [7, 11) is -7.94. The van der Waals surface area contributed by atoms with Gasteiger partial charge >= 0.3 is 11.9 Å². The fourth-order valence-electron chi connectivity index (χ4n) is 14.0. The fraction of sp³-hybridized carbons (Fsp3) is 0.763. The Kier molecular flexibility index (Phi) is 26.3. The molecule has 512 valence electrons. The quantitative estimate of drug-likeness (QED) is 0.0638. The summed E-state index contributed by atoms with van der Waals surface area (Å²) in [6.45, 7) is 68.6. The van der Waals surface area contributed by atoms with E-state index in [0.29, 0.717) is 11.8 Å². The van der Waals surface area contributed by atoms with E-state index in [1.165, 1.54) is 33.4 Å². The normalized spacial score (nSPS) is 29.5. The van der Waals surface area contributed by atoms with Crippen LogP contribution in [0.4, 0.5) is 0 Å². The van der Waals surface area contributed by atoms with E-state index in [-0.39, 0.29) is 92.9 Å². The molecule has 0 aromatic carbocycles. The Morgan fingerprint density at radius 2 is 0.944 bits per heavy atom. The molecular formula is C76H132O10Si4. The monoisotopic (exact) mass is 1320 g/mol. The van der Waals surface area contributed by atoms with Crippen LogP contribution < -0.4 is 0 Å². The van der Waals surface area contributed by atoms with Crippen molar-refractivity contribution in [2.75, 3.05) is 13.2 Å². The van der Waals surface area contributed by atoms with Gasteiger partial charge in [0, 0.05) is 12.8 Å². The fourth-order valence-corrected chi connectivity index (χ4v) is 19.3. The summed E-state index contributed by atoms with van der Waals surface area (Å²) in [5.74, 6) is -0.306. The van der Waals surface area contributed by atoms with E-state index in [2.05, 4.69) is 220 Å². The lowest BCUT2D eigenvalue weighted by molar-refractivity contribution is -0.156. The first kappa shape index (κ1) is 78.2. The van der Waals surface area contributed by atoms with E-state index in [0.717, 1.165) is 107 Å². The molecule has 0 amide bonds. The van der Waals surface area contributed by atoms with Crippen molar-refractivity contribution in [3.8, 4) is 0 Å². The molecule has 4 fully saturated rings. The zero-order valence-corrected chi connectivity index (χ0v) is 66.2. The van der Waals surface area contributed by atoms with Crippen LogP contribution in [-0.2, 0) is 41.5 Å². The number of hydrogen-bond acceptors (Lipinski definition) is 9. The zero-order valence-electron chi connectivity index (χ0n) is 62.2. The van der Waals surface area contributed by atoms with Crippen molar-refractivity contribution in [3.05, 3.63) is 94.2 Å². The van der Waals surface area contributed by atoms with Gasteiger partial charge in [-0.15, -0.1) is 0 Å². The number of aliphatic carboxylic acids is 1. The highest BCUT2D eigenvalue weighted by atomic mass is 28.4. The Morgan fingerprint density at radius 1 is 0.589 bits per heavy atom. The number of esters is 1. The Morgan fingerprint density at radius 3 is 1.28 bits per heavy atom. The highest BCUT2D eigenvalue weighted by molar-refractivity contribution is 6.75. The van der Waals surface area contributed by atoms with E-state index in [1.807, 2.05) is 6.92 Å². The SMILES string of the molecule is C=C1C(=CC=C2CCC[C@]3(C)C([C@H](C)OCC(=O)O)=CCC23)C[C@@H](O[Si](C)(C)C(C)(C)C)C[C@@H]1O[Si](C)(C)C(C)(C)C.C=C1C(=CC=C2CCC[C@]3(C)C([C@H](C)OCC(=O)OC(CC)CCC)=CC[C@@H]23)C[C@@H](O[Si](C)(C)C(C)(C)C)C[C@@H]1O[Si](C)(C)C(C)(C)C. The van der Waals surface area contributed by atoms with Gasteiger partial charge in [-0.3, -0.25) is 0 Å². The van der Waals surface area contributed by atoms with Crippen molar-refractivity contribution in [1.29, 1.82) is 0 Å². The van der Waals surface area contributed by atoms with E-state index >= 15 is 0 Å². The summed E-state index contributed by atoms with van der Waals surface area (Å²) in [4.78, 5) is 23.7. The van der Waals surface area contributed by atoms with Gasteiger partial charge in [-0.25, -0.2) is 9.59 Å². The number of ether oxygens (including phenoxy) is 3. The van der Waals surface area contributed by atoms with Crippen LogP contribution in [0, 0.1) is 22.7 Å². The topological polar surface area (TPSA) is 119 Å². The number of rotatable bonds is 22. The van der Waals surface area contributed by atoms with Crippen LogP contribution >= 0.6 is 0 Å². The molecule has 4 saturated carbocycles. The highest BCUT2D eigenvalue weighted by Gasteiger charge is 2.50. The Bertz CT molecular complexity index is 2710. The lowest BCUT2D eigenvalue weighted by Gasteiger charge is -2.45. The second kappa shape index (κ2) is 30.3. The summed E-state index contributed by atoms with van der Waals surface area (Å²) < 4.78 is 45.8. The minimum atomic E-state index is -2.01. The van der Waals surface area contributed by atoms with Gasteiger partial charge in [0.15, 0.2) is 33.3 Å². The zero-order chi connectivity index (χ0) is 68.2. The van der Waals surface area contributed by atoms with Gasteiger partial charge < -0.3 is 37.0 Å². The van der Waals surface area contributed by atoms with Crippen LogP contribution in [0.25, 0.3) is 0 Å². The average molecular weight is 1320 g/mol. The second-order valence-corrected chi connectivity index (χ2v) is 53.6. The van der Waals surface area contributed by atoms with Crippen molar-refractivity contribution >= 4 is 45.2 Å². The second-order valence-electron chi connectivity index (χ2n) is 34.6. The largest absolute Gasteiger partial charge is 0.480 e. The smallest absolute Gasteiger partial charge is 0.332 e. The Labute approximate surface area is 554 Å². The molecule has 14 heteroatoms. The van der Waals surface area contributed by atoms with Crippen LogP contribution in [0.2, 0.25) is 72.5 Å². The number of allylic oxidation sites excluding steroid dienone is 8. The molecule has 90 heavy (non-hydrogen) atoms. The van der Waals surface area contributed by atoms with Crippen LogP contribution in [0.3, 0.4) is 0 Å². The van der Waals surface area contributed by atoms with Gasteiger partial charge in [0.05, 0.1) is 36.6 Å².